The summed E-state index contributed by atoms with van der Waals surface area (Å²) in [6, 6.07) is 5.90. The molecule has 0 bridgehead atoms. The lowest BCUT2D eigenvalue weighted by Crippen LogP contribution is -2.28. The van der Waals surface area contributed by atoms with Crippen LogP contribution in [0, 0.1) is 5.82 Å². The van der Waals surface area contributed by atoms with Gasteiger partial charge in [-0.05, 0) is 19.1 Å². The van der Waals surface area contributed by atoms with Crippen molar-refractivity contribution in [1.29, 1.82) is 0 Å². The van der Waals surface area contributed by atoms with Gasteiger partial charge in [-0.15, -0.1) is 0 Å². The Hall–Kier alpha value is -2.37. The summed E-state index contributed by atoms with van der Waals surface area (Å²) >= 11 is 0. The lowest BCUT2D eigenvalue weighted by atomic mass is 10.3. The molecule has 0 spiro atoms. The van der Waals surface area contributed by atoms with Crippen LogP contribution in [-0.2, 0) is 4.79 Å². The van der Waals surface area contributed by atoms with Gasteiger partial charge in [0.25, 0.3) is 0 Å². The third-order valence-corrected chi connectivity index (χ3v) is 2.73. The van der Waals surface area contributed by atoms with Crippen molar-refractivity contribution in [2.45, 2.75) is 19.4 Å². The highest BCUT2D eigenvalue weighted by molar-refractivity contribution is 5.76. The number of amides is 1. The summed E-state index contributed by atoms with van der Waals surface area (Å²) < 4.78 is 18.5. The second-order valence-corrected chi connectivity index (χ2v) is 4.29. The number of hydrogen-bond acceptors (Lipinski definition) is 3. The molecule has 20 heavy (non-hydrogen) atoms. The topological polar surface area (TPSA) is 67.0 Å². The number of ether oxygens (including phenoxy) is 1. The number of nitrogens with one attached hydrogen (secondary N) is 2. The van der Waals surface area contributed by atoms with Gasteiger partial charge in [0.1, 0.15) is 5.82 Å². The SMILES string of the molecule is CC(NC(=O)CCOc1ccccc1F)c1ncc[nH]1. The van der Waals surface area contributed by atoms with E-state index in [1.807, 2.05) is 6.92 Å². The number of halogens is 1. The highest BCUT2D eigenvalue weighted by Crippen LogP contribution is 2.15. The van der Waals surface area contributed by atoms with E-state index in [9.17, 15) is 9.18 Å². The largest absolute Gasteiger partial charge is 0.490 e. The predicted molar refractivity (Wildman–Crippen MR) is 71.7 cm³/mol. The molecule has 6 heteroatoms. The Labute approximate surface area is 116 Å². The minimum atomic E-state index is -0.433. The van der Waals surface area contributed by atoms with Crippen LogP contribution in [0.3, 0.4) is 0 Å². The number of benzene rings is 1. The maximum atomic E-state index is 13.3. The van der Waals surface area contributed by atoms with Gasteiger partial charge in [-0.2, -0.15) is 0 Å². The first kappa shape index (κ1) is 14.0. The van der Waals surface area contributed by atoms with Crippen LogP contribution >= 0.6 is 0 Å². The first-order chi connectivity index (χ1) is 9.66. The quantitative estimate of drug-likeness (QED) is 0.850. The van der Waals surface area contributed by atoms with Crippen molar-refractivity contribution in [3.8, 4) is 5.75 Å². The molecule has 1 unspecified atom stereocenters. The smallest absolute Gasteiger partial charge is 0.224 e. The first-order valence-corrected chi connectivity index (χ1v) is 6.33. The molecule has 1 heterocycles. The predicted octanol–water partition coefficient (Wildman–Crippen LogP) is 2.20. The average molecular weight is 277 g/mol. The summed E-state index contributed by atoms with van der Waals surface area (Å²) in [6.45, 7) is 1.95. The number of para-hydroxylation sites is 1. The number of carbonyl (C=O) groups excluding carboxylic acids is 1. The zero-order valence-corrected chi connectivity index (χ0v) is 11.1. The Morgan fingerprint density at radius 2 is 2.30 bits per heavy atom. The Balaban J connectivity index is 1.74. The van der Waals surface area contributed by atoms with Gasteiger partial charge < -0.3 is 15.0 Å². The summed E-state index contributed by atoms with van der Waals surface area (Å²) in [4.78, 5) is 18.7. The molecule has 1 atom stereocenters. The van der Waals surface area contributed by atoms with Crippen molar-refractivity contribution in [2.75, 3.05) is 6.61 Å². The number of H-pyrrole nitrogens is 1. The van der Waals surface area contributed by atoms with E-state index in [0.717, 1.165) is 0 Å². The molecule has 1 amide bonds. The fraction of sp³-hybridized carbons (Fsp3) is 0.286. The van der Waals surface area contributed by atoms with Gasteiger partial charge in [-0.1, -0.05) is 12.1 Å². The number of aromatic nitrogens is 2. The number of aromatic amines is 1. The summed E-state index contributed by atoms with van der Waals surface area (Å²) in [6.07, 6.45) is 3.47. The molecule has 1 aromatic heterocycles. The fourth-order valence-electron chi connectivity index (χ4n) is 1.71. The maximum absolute atomic E-state index is 13.3. The van der Waals surface area contributed by atoms with Crippen LogP contribution in [0.25, 0.3) is 0 Å². The summed E-state index contributed by atoms with van der Waals surface area (Å²) in [5.74, 6) is 0.231. The van der Waals surface area contributed by atoms with Crippen LogP contribution in [0.4, 0.5) is 4.39 Å². The van der Waals surface area contributed by atoms with E-state index in [2.05, 4.69) is 15.3 Å². The van der Waals surface area contributed by atoms with Crippen LogP contribution in [0.5, 0.6) is 5.75 Å². The van der Waals surface area contributed by atoms with Gasteiger partial charge in [0.2, 0.25) is 5.91 Å². The lowest BCUT2D eigenvalue weighted by Gasteiger charge is -2.12. The second kappa shape index (κ2) is 6.70. The van der Waals surface area contributed by atoms with Crippen molar-refractivity contribution >= 4 is 5.91 Å². The van der Waals surface area contributed by atoms with E-state index in [1.165, 1.54) is 12.1 Å². The van der Waals surface area contributed by atoms with Gasteiger partial charge in [0.05, 0.1) is 19.1 Å². The molecule has 2 rings (SSSR count). The second-order valence-electron chi connectivity index (χ2n) is 4.29. The van der Waals surface area contributed by atoms with E-state index in [1.54, 1.807) is 24.5 Å². The van der Waals surface area contributed by atoms with E-state index < -0.39 is 5.82 Å². The molecule has 1 aromatic carbocycles. The number of carbonyl (C=O) groups is 1. The minimum absolute atomic E-state index is 0.123. The van der Waals surface area contributed by atoms with Crippen molar-refractivity contribution < 1.29 is 13.9 Å². The van der Waals surface area contributed by atoms with E-state index >= 15 is 0 Å². The van der Waals surface area contributed by atoms with Crippen LogP contribution in [0.15, 0.2) is 36.7 Å². The van der Waals surface area contributed by atoms with Crippen molar-refractivity contribution in [3.05, 3.63) is 48.3 Å². The molecular weight excluding hydrogens is 261 g/mol. The third kappa shape index (κ3) is 3.81. The van der Waals surface area contributed by atoms with Gasteiger partial charge in [0, 0.05) is 12.4 Å². The molecule has 0 fully saturated rings. The molecular formula is C14H16FN3O2. The van der Waals surface area contributed by atoms with Crippen molar-refractivity contribution in [1.82, 2.24) is 15.3 Å². The molecule has 0 aliphatic rings. The minimum Gasteiger partial charge on any atom is -0.490 e. The molecule has 0 saturated heterocycles. The third-order valence-electron chi connectivity index (χ3n) is 2.73. The summed E-state index contributed by atoms with van der Waals surface area (Å²) in [5, 5.41) is 2.78. The van der Waals surface area contributed by atoms with Crippen molar-refractivity contribution in [2.24, 2.45) is 0 Å². The fourth-order valence-corrected chi connectivity index (χ4v) is 1.71. The van der Waals surface area contributed by atoms with Gasteiger partial charge in [-0.3, -0.25) is 4.79 Å². The average Bonchev–Trinajstić information content (AvgIpc) is 2.95. The van der Waals surface area contributed by atoms with Crippen molar-refractivity contribution in [3.63, 3.8) is 0 Å². The van der Waals surface area contributed by atoms with Gasteiger partial charge >= 0.3 is 0 Å². The highest BCUT2D eigenvalue weighted by Gasteiger charge is 2.11. The first-order valence-electron chi connectivity index (χ1n) is 6.33. The molecule has 0 radical (unpaired) electrons. The van der Waals surface area contributed by atoms with E-state index in [-0.39, 0.29) is 30.7 Å². The number of hydrogen-bond donors (Lipinski definition) is 2. The van der Waals surface area contributed by atoms with Gasteiger partial charge in [-0.25, -0.2) is 9.37 Å². The lowest BCUT2D eigenvalue weighted by molar-refractivity contribution is -0.122. The standard InChI is InChI=1S/C14H16FN3O2/c1-10(14-16-7-8-17-14)18-13(19)6-9-20-12-5-3-2-4-11(12)15/h2-5,7-8,10H,6,9H2,1H3,(H,16,17)(H,18,19). The zero-order chi connectivity index (χ0) is 14.4. The molecule has 0 aliphatic heterocycles. The monoisotopic (exact) mass is 277 g/mol. The molecule has 5 nitrogen and oxygen atoms in total. The molecule has 2 aromatic rings. The summed E-state index contributed by atoms with van der Waals surface area (Å²) in [7, 11) is 0. The van der Waals surface area contributed by atoms with Gasteiger partial charge in [0.15, 0.2) is 11.6 Å². The van der Waals surface area contributed by atoms with Crippen LogP contribution in [0.2, 0.25) is 0 Å². The van der Waals surface area contributed by atoms with Crippen LogP contribution in [-0.4, -0.2) is 22.5 Å². The van der Waals surface area contributed by atoms with Crippen LogP contribution < -0.4 is 10.1 Å². The summed E-state index contributed by atoms with van der Waals surface area (Å²) in [5.41, 5.74) is 0. The number of imidazole rings is 1. The Bertz CT molecular complexity index is 557. The molecule has 106 valence electrons. The number of rotatable bonds is 6. The maximum Gasteiger partial charge on any atom is 0.224 e. The molecule has 2 N–H and O–H groups in total. The van der Waals surface area contributed by atoms with E-state index in [4.69, 9.17) is 4.74 Å². The number of nitrogens with zero attached hydrogens (tertiary/aromatic N) is 1. The normalized spacial score (nSPS) is 11.9. The molecule has 0 aliphatic carbocycles. The molecule has 0 saturated carbocycles. The van der Waals surface area contributed by atoms with E-state index in [0.29, 0.717) is 5.82 Å². The zero-order valence-electron chi connectivity index (χ0n) is 11.1. The highest BCUT2D eigenvalue weighted by atomic mass is 19.1. The Morgan fingerprint density at radius 3 is 3.00 bits per heavy atom. The Kier molecular flexibility index (Phi) is 4.70. The van der Waals surface area contributed by atoms with Crippen LogP contribution in [0.1, 0.15) is 25.2 Å². The Morgan fingerprint density at radius 1 is 1.50 bits per heavy atom.